The molecule has 70 valence electrons. The van der Waals surface area contributed by atoms with Gasteiger partial charge in [0, 0.05) is 18.4 Å². The fraction of sp³-hybridized carbons (Fsp3) is 0.500. The molecule has 0 radical (unpaired) electrons. The largest absolute Gasteiger partial charge is 0.352 e. The maximum Gasteiger partial charge on any atom is 0.242 e. The molecule has 1 fully saturated rings. The van der Waals surface area contributed by atoms with Crippen LogP contribution in [0.15, 0.2) is 24.5 Å². The summed E-state index contributed by atoms with van der Waals surface area (Å²) in [6.45, 7) is 1.91. The fourth-order valence-electron chi connectivity index (χ4n) is 1.29. The molecule has 0 bridgehead atoms. The van der Waals surface area contributed by atoms with E-state index in [0.29, 0.717) is 6.04 Å². The molecule has 1 N–H and O–H groups in total. The van der Waals surface area contributed by atoms with Crippen molar-refractivity contribution >= 4 is 5.91 Å². The van der Waals surface area contributed by atoms with Crippen LogP contribution in [0.25, 0.3) is 0 Å². The number of carbonyl (C=O) groups is 1. The van der Waals surface area contributed by atoms with Crippen LogP contribution in [-0.2, 0) is 4.79 Å². The molecule has 1 unspecified atom stereocenters. The first-order valence-corrected chi connectivity index (χ1v) is 4.70. The average molecular weight is 178 g/mol. The number of nitrogens with zero attached hydrogens (tertiary/aromatic N) is 1. The van der Waals surface area contributed by atoms with Crippen molar-refractivity contribution in [2.24, 2.45) is 0 Å². The summed E-state index contributed by atoms with van der Waals surface area (Å²) in [4.78, 5) is 11.6. The molecule has 0 saturated heterocycles. The zero-order valence-corrected chi connectivity index (χ0v) is 7.73. The molecular weight excluding hydrogens is 164 g/mol. The van der Waals surface area contributed by atoms with Gasteiger partial charge in [0.1, 0.15) is 6.04 Å². The average Bonchev–Trinajstić information content (AvgIpc) is 2.78. The van der Waals surface area contributed by atoms with Crippen LogP contribution in [0.5, 0.6) is 0 Å². The molecule has 1 aliphatic carbocycles. The zero-order valence-electron chi connectivity index (χ0n) is 7.73. The first-order valence-electron chi connectivity index (χ1n) is 4.70. The van der Waals surface area contributed by atoms with Crippen molar-refractivity contribution < 1.29 is 4.79 Å². The maximum absolute atomic E-state index is 11.6. The Bertz CT molecular complexity index is 288. The minimum absolute atomic E-state index is 0.0874. The van der Waals surface area contributed by atoms with Gasteiger partial charge in [0.25, 0.3) is 0 Å². The molecule has 1 heterocycles. The summed E-state index contributed by atoms with van der Waals surface area (Å²) in [5.41, 5.74) is 0. The van der Waals surface area contributed by atoms with Crippen LogP contribution in [0.2, 0.25) is 0 Å². The third-order valence-corrected chi connectivity index (χ3v) is 2.38. The van der Waals surface area contributed by atoms with Crippen molar-refractivity contribution in [1.82, 2.24) is 9.88 Å². The predicted molar refractivity (Wildman–Crippen MR) is 50.3 cm³/mol. The Morgan fingerprint density at radius 3 is 2.62 bits per heavy atom. The van der Waals surface area contributed by atoms with Crippen molar-refractivity contribution in [1.29, 1.82) is 0 Å². The maximum atomic E-state index is 11.6. The monoisotopic (exact) mass is 178 g/mol. The molecule has 2 rings (SSSR count). The van der Waals surface area contributed by atoms with E-state index >= 15 is 0 Å². The van der Waals surface area contributed by atoms with Crippen LogP contribution in [0.3, 0.4) is 0 Å². The van der Waals surface area contributed by atoms with Gasteiger partial charge in [0.2, 0.25) is 5.91 Å². The Morgan fingerprint density at radius 2 is 2.08 bits per heavy atom. The third kappa shape index (κ3) is 1.91. The van der Waals surface area contributed by atoms with Crippen LogP contribution < -0.4 is 5.32 Å². The van der Waals surface area contributed by atoms with E-state index in [1.165, 1.54) is 0 Å². The molecular formula is C10H14N2O. The summed E-state index contributed by atoms with van der Waals surface area (Å²) < 4.78 is 1.91. The first-order chi connectivity index (χ1) is 6.27. The molecule has 13 heavy (non-hydrogen) atoms. The highest BCUT2D eigenvalue weighted by Gasteiger charge is 2.25. The molecule has 1 saturated carbocycles. The van der Waals surface area contributed by atoms with Crippen molar-refractivity contribution in [3.8, 4) is 0 Å². The third-order valence-electron chi connectivity index (χ3n) is 2.38. The van der Waals surface area contributed by atoms with Crippen LogP contribution in [0.4, 0.5) is 0 Å². The first kappa shape index (κ1) is 8.35. The Labute approximate surface area is 77.7 Å². The lowest BCUT2D eigenvalue weighted by Crippen LogP contribution is -2.32. The quantitative estimate of drug-likeness (QED) is 0.744. The van der Waals surface area contributed by atoms with E-state index in [-0.39, 0.29) is 11.9 Å². The highest BCUT2D eigenvalue weighted by molar-refractivity contribution is 5.80. The molecule has 1 atom stereocenters. The second kappa shape index (κ2) is 3.24. The Kier molecular flexibility index (Phi) is 2.08. The fourth-order valence-corrected chi connectivity index (χ4v) is 1.29. The molecule has 0 aromatic carbocycles. The molecule has 0 spiro atoms. The van der Waals surface area contributed by atoms with Gasteiger partial charge in [0.05, 0.1) is 0 Å². The van der Waals surface area contributed by atoms with E-state index < -0.39 is 0 Å². The van der Waals surface area contributed by atoms with E-state index in [1.807, 2.05) is 36.0 Å². The standard InChI is InChI=1S/C10H14N2O/c1-8(12-6-2-3-7-12)10(13)11-9-4-5-9/h2-3,6-9H,4-5H2,1H3,(H,11,13). The SMILES string of the molecule is CC(C(=O)NC1CC1)n1cccc1. The van der Waals surface area contributed by atoms with Gasteiger partial charge < -0.3 is 9.88 Å². The highest BCUT2D eigenvalue weighted by atomic mass is 16.2. The molecule has 0 aliphatic heterocycles. The van der Waals surface area contributed by atoms with Gasteiger partial charge in [-0.15, -0.1) is 0 Å². The van der Waals surface area contributed by atoms with Crippen molar-refractivity contribution in [3.05, 3.63) is 24.5 Å². The Morgan fingerprint density at radius 1 is 1.46 bits per heavy atom. The summed E-state index contributed by atoms with van der Waals surface area (Å²) in [6, 6.07) is 4.23. The lowest BCUT2D eigenvalue weighted by Gasteiger charge is -2.13. The summed E-state index contributed by atoms with van der Waals surface area (Å²) >= 11 is 0. The minimum Gasteiger partial charge on any atom is -0.352 e. The number of aromatic nitrogens is 1. The number of carbonyl (C=O) groups excluding carboxylic acids is 1. The Balaban J connectivity index is 1.95. The predicted octanol–water partition coefficient (Wildman–Crippen LogP) is 1.33. The zero-order chi connectivity index (χ0) is 9.26. The second-order valence-electron chi connectivity index (χ2n) is 3.59. The van der Waals surface area contributed by atoms with E-state index in [0.717, 1.165) is 12.8 Å². The van der Waals surface area contributed by atoms with Gasteiger partial charge in [-0.25, -0.2) is 0 Å². The van der Waals surface area contributed by atoms with Gasteiger partial charge in [-0.05, 0) is 31.9 Å². The smallest absolute Gasteiger partial charge is 0.242 e. The summed E-state index contributed by atoms with van der Waals surface area (Å²) in [5, 5.41) is 2.98. The van der Waals surface area contributed by atoms with E-state index in [9.17, 15) is 4.79 Å². The lowest BCUT2D eigenvalue weighted by atomic mass is 10.3. The summed E-state index contributed by atoms with van der Waals surface area (Å²) in [6.07, 6.45) is 6.11. The van der Waals surface area contributed by atoms with Gasteiger partial charge in [-0.1, -0.05) is 0 Å². The van der Waals surface area contributed by atoms with Gasteiger partial charge in [-0.3, -0.25) is 4.79 Å². The summed E-state index contributed by atoms with van der Waals surface area (Å²) in [5.74, 6) is 0.124. The van der Waals surface area contributed by atoms with Crippen molar-refractivity contribution in [2.45, 2.75) is 31.8 Å². The number of rotatable bonds is 3. The molecule has 1 amide bonds. The second-order valence-corrected chi connectivity index (χ2v) is 3.59. The summed E-state index contributed by atoms with van der Waals surface area (Å²) in [7, 11) is 0. The van der Waals surface area contributed by atoms with Crippen LogP contribution in [0, 0.1) is 0 Å². The van der Waals surface area contributed by atoms with Crippen LogP contribution in [-0.4, -0.2) is 16.5 Å². The number of hydrogen-bond donors (Lipinski definition) is 1. The molecule has 3 heteroatoms. The number of amides is 1. The van der Waals surface area contributed by atoms with E-state index in [4.69, 9.17) is 0 Å². The normalized spacial score (nSPS) is 18.2. The van der Waals surface area contributed by atoms with E-state index in [1.54, 1.807) is 0 Å². The molecule has 1 aromatic heterocycles. The lowest BCUT2D eigenvalue weighted by molar-refractivity contribution is -0.124. The van der Waals surface area contributed by atoms with Gasteiger partial charge in [-0.2, -0.15) is 0 Å². The Hall–Kier alpha value is -1.25. The highest BCUT2D eigenvalue weighted by Crippen LogP contribution is 2.19. The van der Waals surface area contributed by atoms with Gasteiger partial charge >= 0.3 is 0 Å². The van der Waals surface area contributed by atoms with Crippen LogP contribution >= 0.6 is 0 Å². The van der Waals surface area contributed by atoms with Crippen molar-refractivity contribution in [2.75, 3.05) is 0 Å². The van der Waals surface area contributed by atoms with Gasteiger partial charge in [0.15, 0.2) is 0 Å². The number of nitrogens with one attached hydrogen (secondary N) is 1. The van der Waals surface area contributed by atoms with Crippen LogP contribution in [0.1, 0.15) is 25.8 Å². The molecule has 1 aliphatic rings. The van der Waals surface area contributed by atoms with Crippen molar-refractivity contribution in [3.63, 3.8) is 0 Å². The topological polar surface area (TPSA) is 34.0 Å². The van der Waals surface area contributed by atoms with E-state index in [2.05, 4.69) is 5.32 Å². The molecule has 1 aromatic rings. The minimum atomic E-state index is -0.0874. The molecule has 3 nitrogen and oxygen atoms in total. The number of hydrogen-bond acceptors (Lipinski definition) is 1.